The van der Waals surface area contributed by atoms with Gasteiger partial charge in [-0.1, -0.05) is 15.9 Å². The number of imide groups is 1. The number of nitrogens with two attached hydrogens (primary N) is 1. The van der Waals surface area contributed by atoms with E-state index in [0.717, 1.165) is 9.37 Å². The number of amides is 3. The first-order chi connectivity index (χ1) is 9.82. The van der Waals surface area contributed by atoms with Gasteiger partial charge in [0.25, 0.3) is 11.7 Å². The third-order valence-corrected chi connectivity index (χ3v) is 3.65. The fourth-order valence-electron chi connectivity index (χ4n) is 1.85. The van der Waals surface area contributed by atoms with Crippen molar-refractivity contribution in [2.45, 2.75) is 6.04 Å². The number of urea groups is 1. The standard InChI is InChI=1S/C13H13BrN4O3/c1-17-11(15)10(12(20)18(2)13(17)21)16-6-7-5-8(14)3-4-9(7)19/h3-6,10,15,19H,1-2H3/p+1. The highest BCUT2D eigenvalue weighted by molar-refractivity contribution is 9.10. The molecule has 1 aliphatic rings. The second-order valence-electron chi connectivity index (χ2n) is 4.55. The predicted molar refractivity (Wildman–Crippen MR) is 80.1 cm³/mol. The molecule has 110 valence electrons. The molecule has 0 saturated carbocycles. The average molecular weight is 354 g/mol. The van der Waals surface area contributed by atoms with Gasteiger partial charge in [0, 0.05) is 23.3 Å². The quantitative estimate of drug-likeness (QED) is 0.709. The maximum Gasteiger partial charge on any atom is 0.417 e. The zero-order valence-corrected chi connectivity index (χ0v) is 13.0. The van der Waals surface area contributed by atoms with E-state index in [1.165, 1.54) is 31.3 Å². The Hall–Kier alpha value is -2.22. The average Bonchev–Trinajstić information content (AvgIpc) is 2.46. The highest BCUT2D eigenvalue weighted by Gasteiger charge is 2.45. The van der Waals surface area contributed by atoms with E-state index in [1.807, 2.05) is 0 Å². The van der Waals surface area contributed by atoms with E-state index in [9.17, 15) is 14.7 Å². The molecule has 1 heterocycles. The summed E-state index contributed by atoms with van der Waals surface area (Å²) in [5.41, 5.74) is 0.437. The molecular weight excluding hydrogens is 340 g/mol. The number of hydrogen-bond acceptors (Lipinski definition) is 4. The summed E-state index contributed by atoms with van der Waals surface area (Å²) in [4.78, 5) is 30.0. The Balaban J connectivity index is 2.31. The topological polar surface area (TPSA) is 98.8 Å². The van der Waals surface area contributed by atoms with Crippen LogP contribution in [0.2, 0.25) is 0 Å². The highest BCUT2D eigenvalue weighted by atomic mass is 79.9. The Morgan fingerprint density at radius 1 is 1.33 bits per heavy atom. The molecular formula is C13H14BrN4O3+. The number of likely N-dealkylation sites (N-methyl/N-ethyl adjacent to an activating group) is 2. The molecule has 0 aromatic heterocycles. The third-order valence-electron chi connectivity index (χ3n) is 3.16. The van der Waals surface area contributed by atoms with E-state index in [1.54, 1.807) is 12.1 Å². The van der Waals surface area contributed by atoms with Gasteiger partial charge in [-0.15, -0.1) is 0 Å². The van der Waals surface area contributed by atoms with E-state index >= 15 is 0 Å². The monoisotopic (exact) mass is 353 g/mol. The first-order valence-corrected chi connectivity index (χ1v) is 6.81. The molecule has 21 heavy (non-hydrogen) atoms. The van der Waals surface area contributed by atoms with Crippen molar-refractivity contribution in [1.29, 1.82) is 0 Å². The van der Waals surface area contributed by atoms with Gasteiger partial charge in [0.2, 0.25) is 6.04 Å². The fraction of sp³-hybridized carbons (Fsp3) is 0.231. The molecule has 1 saturated heterocycles. The minimum absolute atomic E-state index is 0.0292. The van der Waals surface area contributed by atoms with Gasteiger partial charge < -0.3 is 5.11 Å². The number of aromatic hydroxyl groups is 1. The van der Waals surface area contributed by atoms with E-state index in [0.29, 0.717) is 5.56 Å². The third kappa shape index (κ3) is 2.80. The predicted octanol–water partition coefficient (Wildman–Crippen LogP) is -0.376. The SMILES string of the molecule is CN1C(=[NH2+])C(N=Cc2cc(Br)ccc2O)C(=O)N(C)C1=O. The van der Waals surface area contributed by atoms with Crippen LogP contribution in [-0.4, -0.2) is 59.0 Å². The fourth-order valence-corrected chi connectivity index (χ4v) is 2.23. The molecule has 1 aromatic rings. The molecule has 1 fully saturated rings. The number of carbonyl (C=O) groups excluding carboxylic acids is 2. The lowest BCUT2D eigenvalue weighted by molar-refractivity contribution is -0.142. The number of halogens is 1. The number of hydrogen-bond donors (Lipinski definition) is 2. The Morgan fingerprint density at radius 3 is 2.67 bits per heavy atom. The maximum atomic E-state index is 12.1. The van der Waals surface area contributed by atoms with E-state index in [2.05, 4.69) is 20.9 Å². The molecule has 2 rings (SSSR count). The van der Waals surface area contributed by atoms with Gasteiger partial charge in [0.05, 0.1) is 7.05 Å². The van der Waals surface area contributed by atoms with Crippen molar-refractivity contribution in [3.8, 4) is 5.75 Å². The number of carbonyl (C=O) groups is 2. The second-order valence-corrected chi connectivity index (χ2v) is 5.46. The van der Waals surface area contributed by atoms with E-state index < -0.39 is 18.0 Å². The lowest BCUT2D eigenvalue weighted by Gasteiger charge is -2.27. The molecule has 1 aliphatic heterocycles. The van der Waals surface area contributed by atoms with Crippen molar-refractivity contribution in [2.75, 3.05) is 14.1 Å². The zero-order chi connectivity index (χ0) is 15.7. The van der Waals surface area contributed by atoms with Crippen LogP contribution in [0.3, 0.4) is 0 Å². The van der Waals surface area contributed by atoms with Crippen LogP contribution >= 0.6 is 15.9 Å². The number of phenolic OH excluding ortho intramolecular Hbond substituents is 1. The molecule has 1 unspecified atom stereocenters. The van der Waals surface area contributed by atoms with Crippen LogP contribution in [-0.2, 0) is 4.79 Å². The maximum absolute atomic E-state index is 12.1. The summed E-state index contributed by atoms with van der Waals surface area (Å²) in [5, 5.41) is 15.5. The Kier molecular flexibility index (Phi) is 4.08. The molecule has 3 amide bonds. The Morgan fingerprint density at radius 2 is 2.00 bits per heavy atom. The number of amidine groups is 1. The normalized spacial score (nSPS) is 19.8. The van der Waals surface area contributed by atoms with E-state index in [4.69, 9.17) is 5.41 Å². The summed E-state index contributed by atoms with van der Waals surface area (Å²) < 4.78 is 0.762. The Bertz CT molecular complexity index is 635. The largest absolute Gasteiger partial charge is 0.507 e. The van der Waals surface area contributed by atoms with Gasteiger partial charge in [-0.2, -0.15) is 4.90 Å². The molecule has 7 nitrogen and oxygen atoms in total. The molecule has 0 radical (unpaired) electrons. The summed E-state index contributed by atoms with van der Waals surface area (Å²) in [6.07, 6.45) is 1.35. The van der Waals surface area contributed by atoms with Crippen molar-refractivity contribution >= 4 is 39.9 Å². The van der Waals surface area contributed by atoms with Crippen molar-refractivity contribution in [3.05, 3.63) is 28.2 Å². The van der Waals surface area contributed by atoms with Gasteiger partial charge in [-0.05, 0) is 18.2 Å². The van der Waals surface area contributed by atoms with Gasteiger partial charge in [0.1, 0.15) is 5.75 Å². The number of nitrogens with zero attached hydrogens (tertiary/aromatic N) is 3. The van der Waals surface area contributed by atoms with Crippen molar-refractivity contribution in [1.82, 2.24) is 9.80 Å². The van der Waals surface area contributed by atoms with Crippen LogP contribution in [0.1, 0.15) is 5.56 Å². The number of benzene rings is 1. The second kappa shape index (κ2) is 5.65. The van der Waals surface area contributed by atoms with Crippen LogP contribution in [0.25, 0.3) is 0 Å². The number of rotatable bonds is 2. The Labute approximate surface area is 129 Å². The molecule has 0 spiro atoms. The molecule has 0 bridgehead atoms. The van der Waals surface area contributed by atoms with Gasteiger partial charge in [-0.25, -0.2) is 9.69 Å². The summed E-state index contributed by atoms with van der Waals surface area (Å²) in [7, 11) is 2.84. The minimum Gasteiger partial charge on any atom is -0.507 e. The molecule has 8 heteroatoms. The number of phenols is 1. The first-order valence-electron chi connectivity index (χ1n) is 6.02. The molecule has 0 aliphatic carbocycles. The first kappa shape index (κ1) is 15.2. The lowest BCUT2D eigenvalue weighted by Crippen LogP contribution is -2.67. The van der Waals surface area contributed by atoms with Gasteiger partial charge in [-0.3, -0.25) is 15.2 Å². The summed E-state index contributed by atoms with van der Waals surface area (Å²) in [6, 6.07) is 3.34. The minimum atomic E-state index is -0.990. The van der Waals surface area contributed by atoms with E-state index in [-0.39, 0.29) is 11.6 Å². The lowest BCUT2D eigenvalue weighted by atomic mass is 10.1. The number of aliphatic imine (C=N–C) groups is 1. The van der Waals surface area contributed by atoms with Crippen LogP contribution in [0.4, 0.5) is 4.79 Å². The molecule has 1 atom stereocenters. The van der Waals surface area contributed by atoms with Crippen molar-refractivity contribution < 1.29 is 20.1 Å². The van der Waals surface area contributed by atoms with Crippen LogP contribution in [0.5, 0.6) is 5.75 Å². The summed E-state index contributed by atoms with van der Waals surface area (Å²) in [5.74, 6) is -0.434. The molecule has 3 N–H and O–H groups in total. The summed E-state index contributed by atoms with van der Waals surface area (Å²) in [6.45, 7) is 0. The zero-order valence-electron chi connectivity index (χ0n) is 11.4. The molecule has 1 aromatic carbocycles. The van der Waals surface area contributed by atoms with Crippen LogP contribution in [0, 0.1) is 0 Å². The van der Waals surface area contributed by atoms with Crippen LogP contribution in [0.15, 0.2) is 27.7 Å². The van der Waals surface area contributed by atoms with Gasteiger partial charge in [0.15, 0.2) is 0 Å². The highest BCUT2D eigenvalue weighted by Crippen LogP contribution is 2.20. The van der Waals surface area contributed by atoms with Crippen molar-refractivity contribution in [3.63, 3.8) is 0 Å². The van der Waals surface area contributed by atoms with Gasteiger partial charge >= 0.3 is 6.03 Å². The summed E-state index contributed by atoms with van der Waals surface area (Å²) >= 11 is 3.28. The van der Waals surface area contributed by atoms with Crippen molar-refractivity contribution in [2.24, 2.45) is 4.99 Å². The van der Waals surface area contributed by atoms with Crippen LogP contribution < -0.4 is 5.41 Å². The smallest absolute Gasteiger partial charge is 0.417 e.